The number of nitrogens with one attached hydrogen (secondary N) is 1. The molecule has 4 nitrogen and oxygen atoms in total. The minimum atomic E-state index is 0.799. The van der Waals surface area contributed by atoms with E-state index in [0.717, 1.165) is 46.9 Å². The predicted octanol–water partition coefficient (Wildman–Crippen LogP) is 2.70. The first-order chi connectivity index (χ1) is 10.4. The molecule has 0 fully saturated rings. The van der Waals surface area contributed by atoms with Gasteiger partial charge in [-0.15, -0.1) is 0 Å². The van der Waals surface area contributed by atoms with Gasteiger partial charge in [-0.25, -0.2) is 0 Å². The van der Waals surface area contributed by atoms with Crippen molar-refractivity contribution in [2.75, 3.05) is 18.8 Å². The highest BCUT2D eigenvalue weighted by Gasteiger charge is 2.20. The number of nitrogen functional groups attached to an aromatic ring is 1. The molecule has 1 aliphatic heterocycles. The molecule has 4 rings (SSSR count). The zero-order valence-corrected chi connectivity index (χ0v) is 11.6. The maximum atomic E-state index is 6.44. The van der Waals surface area contributed by atoms with Gasteiger partial charge < -0.3 is 11.1 Å². The van der Waals surface area contributed by atoms with Gasteiger partial charge in [-0.05, 0) is 6.07 Å². The maximum absolute atomic E-state index is 6.44. The van der Waals surface area contributed by atoms with Crippen LogP contribution in [0.25, 0.3) is 22.2 Å². The lowest BCUT2D eigenvalue weighted by atomic mass is 10.1. The van der Waals surface area contributed by atoms with Gasteiger partial charge in [0.1, 0.15) is 0 Å². The first-order valence-electron chi connectivity index (χ1n) is 7.09. The summed E-state index contributed by atoms with van der Waals surface area (Å²) in [5.74, 6) is 0.877. The summed E-state index contributed by atoms with van der Waals surface area (Å²) >= 11 is 0. The third-order valence-corrected chi connectivity index (χ3v) is 3.83. The van der Waals surface area contributed by atoms with E-state index in [0.29, 0.717) is 0 Å². The molecule has 0 unspecified atom stereocenters. The van der Waals surface area contributed by atoms with Crippen molar-refractivity contribution in [3.05, 3.63) is 54.6 Å². The monoisotopic (exact) mass is 276 g/mol. The SMILES string of the molecule is Nc1c(-c2ccccc2)n(C2=NCCN2)c2ccccc12. The van der Waals surface area contributed by atoms with Crippen LogP contribution >= 0.6 is 0 Å². The fourth-order valence-corrected chi connectivity index (χ4v) is 2.90. The fourth-order valence-electron chi connectivity index (χ4n) is 2.90. The van der Waals surface area contributed by atoms with Crippen LogP contribution < -0.4 is 11.1 Å². The number of benzene rings is 2. The van der Waals surface area contributed by atoms with E-state index >= 15 is 0 Å². The first kappa shape index (κ1) is 12.0. The second-order valence-electron chi connectivity index (χ2n) is 5.11. The summed E-state index contributed by atoms with van der Waals surface area (Å²) in [5, 5.41) is 4.41. The third-order valence-electron chi connectivity index (χ3n) is 3.83. The van der Waals surface area contributed by atoms with Gasteiger partial charge in [0.2, 0.25) is 5.96 Å². The summed E-state index contributed by atoms with van der Waals surface area (Å²) in [4.78, 5) is 4.57. The fraction of sp³-hybridized carbons (Fsp3) is 0.118. The summed E-state index contributed by atoms with van der Waals surface area (Å²) in [6.07, 6.45) is 0. The minimum Gasteiger partial charge on any atom is -0.396 e. The number of hydrogen-bond donors (Lipinski definition) is 2. The van der Waals surface area contributed by atoms with Gasteiger partial charge in [0.05, 0.1) is 23.4 Å². The summed E-state index contributed by atoms with van der Waals surface area (Å²) in [7, 11) is 0. The number of aromatic nitrogens is 1. The molecule has 1 aliphatic rings. The van der Waals surface area contributed by atoms with Gasteiger partial charge in [-0.3, -0.25) is 9.56 Å². The zero-order chi connectivity index (χ0) is 14.2. The smallest absolute Gasteiger partial charge is 0.203 e. The van der Waals surface area contributed by atoms with E-state index in [4.69, 9.17) is 5.73 Å². The van der Waals surface area contributed by atoms with Crippen LogP contribution in [0.15, 0.2) is 59.6 Å². The number of para-hydroxylation sites is 1. The van der Waals surface area contributed by atoms with Gasteiger partial charge >= 0.3 is 0 Å². The van der Waals surface area contributed by atoms with E-state index in [9.17, 15) is 0 Å². The zero-order valence-electron chi connectivity index (χ0n) is 11.6. The predicted molar refractivity (Wildman–Crippen MR) is 87.5 cm³/mol. The van der Waals surface area contributed by atoms with E-state index in [1.807, 2.05) is 30.3 Å². The van der Waals surface area contributed by atoms with E-state index in [-0.39, 0.29) is 0 Å². The van der Waals surface area contributed by atoms with E-state index in [1.165, 1.54) is 0 Å². The number of aliphatic imine (C=N–C) groups is 1. The van der Waals surface area contributed by atoms with Gasteiger partial charge in [0.25, 0.3) is 0 Å². The van der Waals surface area contributed by atoms with Crippen LogP contribution in [-0.4, -0.2) is 23.6 Å². The largest absolute Gasteiger partial charge is 0.396 e. The first-order valence-corrected chi connectivity index (χ1v) is 7.09. The number of fused-ring (bicyclic) bond motifs is 1. The summed E-state index contributed by atoms with van der Waals surface area (Å²) in [6, 6.07) is 18.4. The Hall–Kier alpha value is -2.75. The van der Waals surface area contributed by atoms with E-state index in [2.05, 4.69) is 39.1 Å². The highest BCUT2D eigenvalue weighted by Crippen LogP contribution is 2.35. The Kier molecular flexibility index (Phi) is 2.67. The average molecular weight is 276 g/mol. The summed E-state index contributed by atoms with van der Waals surface area (Å²) in [6.45, 7) is 1.67. The van der Waals surface area contributed by atoms with Crippen molar-refractivity contribution < 1.29 is 0 Å². The van der Waals surface area contributed by atoms with Crippen LogP contribution in [0.5, 0.6) is 0 Å². The quantitative estimate of drug-likeness (QED) is 0.718. The molecule has 0 bridgehead atoms. The highest BCUT2D eigenvalue weighted by molar-refractivity contribution is 6.08. The number of anilines is 1. The second kappa shape index (κ2) is 4.66. The molecule has 4 heteroatoms. The number of rotatable bonds is 1. The van der Waals surface area contributed by atoms with Crippen molar-refractivity contribution >= 4 is 22.5 Å². The number of hydrogen-bond acceptors (Lipinski definition) is 3. The van der Waals surface area contributed by atoms with Crippen LogP contribution in [0, 0.1) is 0 Å². The van der Waals surface area contributed by atoms with Crippen molar-refractivity contribution in [3.63, 3.8) is 0 Å². The van der Waals surface area contributed by atoms with Crippen LogP contribution in [0.3, 0.4) is 0 Å². The Labute approximate surface area is 122 Å². The van der Waals surface area contributed by atoms with E-state index < -0.39 is 0 Å². The van der Waals surface area contributed by atoms with Crippen LogP contribution in [-0.2, 0) is 0 Å². The lowest BCUT2D eigenvalue weighted by molar-refractivity contribution is 0.945. The van der Waals surface area contributed by atoms with Crippen molar-refractivity contribution in [2.45, 2.75) is 0 Å². The van der Waals surface area contributed by atoms with Gasteiger partial charge in [-0.1, -0.05) is 48.5 Å². The number of nitrogens with two attached hydrogens (primary N) is 1. The molecule has 3 aromatic rings. The van der Waals surface area contributed by atoms with Crippen molar-refractivity contribution in [3.8, 4) is 11.3 Å². The molecule has 3 N–H and O–H groups in total. The topological polar surface area (TPSA) is 55.3 Å². The van der Waals surface area contributed by atoms with Crippen molar-refractivity contribution in [1.82, 2.24) is 9.88 Å². The molecule has 2 heterocycles. The second-order valence-corrected chi connectivity index (χ2v) is 5.11. The minimum absolute atomic E-state index is 0.799. The average Bonchev–Trinajstić information content (AvgIpc) is 3.15. The lowest BCUT2D eigenvalue weighted by Gasteiger charge is -2.11. The Morgan fingerprint density at radius 3 is 2.52 bits per heavy atom. The molecule has 0 radical (unpaired) electrons. The Bertz CT molecular complexity index is 831. The van der Waals surface area contributed by atoms with Gasteiger partial charge in [0, 0.05) is 17.5 Å². The Morgan fingerprint density at radius 2 is 1.76 bits per heavy atom. The summed E-state index contributed by atoms with van der Waals surface area (Å²) in [5.41, 5.74) is 10.4. The standard InChI is InChI=1S/C17H16N4/c18-15-13-8-4-5-9-14(13)21(17-19-10-11-20-17)16(15)12-6-2-1-3-7-12/h1-9H,10-11,18H2,(H,19,20). The van der Waals surface area contributed by atoms with Gasteiger partial charge in [0.15, 0.2) is 0 Å². The molecule has 104 valence electrons. The highest BCUT2D eigenvalue weighted by atomic mass is 15.3. The molecule has 0 atom stereocenters. The lowest BCUT2D eigenvalue weighted by Crippen LogP contribution is -2.26. The third kappa shape index (κ3) is 1.80. The van der Waals surface area contributed by atoms with Crippen molar-refractivity contribution in [1.29, 1.82) is 0 Å². The van der Waals surface area contributed by atoms with Gasteiger partial charge in [-0.2, -0.15) is 0 Å². The molecule has 2 aromatic carbocycles. The number of nitrogens with zero attached hydrogens (tertiary/aromatic N) is 2. The molecule has 0 amide bonds. The maximum Gasteiger partial charge on any atom is 0.203 e. The Morgan fingerprint density at radius 1 is 1.00 bits per heavy atom. The molecule has 0 aliphatic carbocycles. The van der Waals surface area contributed by atoms with E-state index in [1.54, 1.807) is 0 Å². The van der Waals surface area contributed by atoms with Crippen LogP contribution in [0.2, 0.25) is 0 Å². The molecule has 0 saturated carbocycles. The molecular formula is C17H16N4. The molecule has 0 spiro atoms. The van der Waals surface area contributed by atoms with Crippen molar-refractivity contribution in [2.24, 2.45) is 4.99 Å². The molecular weight excluding hydrogens is 260 g/mol. The summed E-state index contributed by atoms with van der Waals surface area (Å²) < 4.78 is 2.13. The van der Waals surface area contributed by atoms with Crippen LogP contribution in [0.1, 0.15) is 0 Å². The normalized spacial score (nSPS) is 14.2. The molecule has 1 aromatic heterocycles. The Balaban J connectivity index is 2.09. The molecule has 21 heavy (non-hydrogen) atoms. The van der Waals surface area contributed by atoms with Crippen LogP contribution in [0.4, 0.5) is 5.69 Å². The molecule has 0 saturated heterocycles.